The first-order valence-electron chi connectivity index (χ1n) is 8.13. The van der Waals surface area contributed by atoms with E-state index in [-0.39, 0.29) is 16.5 Å². The summed E-state index contributed by atoms with van der Waals surface area (Å²) in [5.41, 5.74) is -0.796. The Kier molecular flexibility index (Phi) is 5.45. The molecule has 4 heterocycles. The van der Waals surface area contributed by atoms with E-state index in [0.29, 0.717) is 16.0 Å². The number of furan rings is 1. The minimum Gasteiger partial charge on any atom is -0.467 e. The summed E-state index contributed by atoms with van der Waals surface area (Å²) in [6, 6.07) is 9.32. The molecule has 0 saturated carbocycles. The second-order valence-corrected chi connectivity index (χ2v) is 7.78. The minimum atomic E-state index is -4.61. The van der Waals surface area contributed by atoms with Gasteiger partial charge in [-0.3, -0.25) is 4.98 Å². The molecule has 29 heavy (non-hydrogen) atoms. The molecule has 0 aromatic carbocycles. The topological polar surface area (TPSA) is 89.6 Å². The summed E-state index contributed by atoms with van der Waals surface area (Å²) < 4.78 is 45.5. The van der Waals surface area contributed by atoms with Crippen molar-refractivity contribution in [2.24, 2.45) is 0 Å². The van der Waals surface area contributed by atoms with E-state index in [1.54, 1.807) is 30.5 Å². The van der Waals surface area contributed by atoms with E-state index in [2.05, 4.69) is 30.5 Å². The zero-order valence-corrected chi connectivity index (χ0v) is 16.1. The van der Waals surface area contributed by atoms with Gasteiger partial charge in [0.2, 0.25) is 5.13 Å². The maximum absolute atomic E-state index is 13.3. The summed E-state index contributed by atoms with van der Waals surface area (Å²) in [6.45, 7) is 0.419. The minimum absolute atomic E-state index is 0.0988. The summed E-state index contributed by atoms with van der Waals surface area (Å²) in [4.78, 5) is 11.8. The molecule has 7 nitrogen and oxygen atoms in total. The van der Waals surface area contributed by atoms with Gasteiger partial charge < -0.3 is 9.73 Å². The number of rotatable bonds is 6. The van der Waals surface area contributed by atoms with Gasteiger partial charge in [0.25, 0.3) is 0 Å². The first-order chi connectivity index (χ1) is 14.0. The largest absolute Gasteiger partial charge is 0.467 e. The molecule has 4 rings (SSSR count). The number of alkyl halides is 3. The number of hydrogen-bond acceptors (Lipinski definition) is 9. The van der Waals surface area contributed by atoms with Crippen molar-refractivity contribution in [3.63, 3.8) is 0 Å². The highest BCUT2D eigenvalue weighted by Gasteiger charge is 2.34. The quantitative estimate of drug-likeness (QED) is 0.433. The highest BCUT2D eigenvalue weighted by Crippen LogP contribution is 2.35. The lowest BCUT2D eigenvalue weighted by Crippen LogP contribution is -2.10. The van der Waals surface area contributed by atoms with Gasteiger partial charge in [-0.2, -0.15) is 13.2 Å². The third-order valence-corrected chi connectivity index (χ3v) is 5.33. The summed E-state index contributed by atoms with van der Waals surface area (Å²) in [5.74, 6) is 0.614. The molecule has 0 spiro atoms. The van der Waals surface area contributed by atoms with E-state index in [0.717, 1.165) is 23.6 Å². The molecule has 0 aliphatic rings. The predicted molar refractivity (Wildman–Crippen MR) is 100 cm³/mol. The standard InChI is InChI=1S/C17H11F3N6OS2/c18-17(19,20)12-8-13(24-14(23-12)11-5-1-2-6-21-11)28-16-26-25-15(29-16)22-9-10-4-3-7-27-10/h1-8H,9H2,(H,22,25). The van der Waals surface area contributed by atoms with Crippen LogP contribution in [-0.4, -0.2) is 25.1 Å². The Morgan fingerprint density at radius 2 is 2.00 bits per heavy atom. The molecule has 0 saturated heterocycles. The van der Waals surface area contributed by atoms with E-state index in [4.69, 9.17) is 4.42 Å². The van der Waals surface area contributed by atoms with Crippen molar-refractivity contribution in [2.45, 2.75) is 22.1 Å². The highest BCUT2D eigenvalue weighted by molar-refractivity contribution is 8.01. The van der Waals surface area contributed by atoms with Gasteiger partial charge >= 0.3 is 6.18 Å². The predicted octanol–water partition coefficient (Wildman–Crippen LogP) is 4.77. The van der Waals surface area contributed by atoms with Crippen molar-refractivity contribution < 1.29 is 17.6 Å². The molecule has 4 aromatic heterocycles. The lowest BCUT2D eigenvalue weighted by atomic mass is 10.3. The normalized spacial score (nSPS) is 11.6. The van der Waals surface area contributed by atoms with Crippen LogP contribution in [0.1, 0.15) is 11.5 Å². The van der Waals surface area contributed by atoms with Crippen LogP contribution >= 0.6 is 23.1 Å². The van der Waals surface area contributed by atoms with Crippen molar-refractivity contribution in [3.8, 4) is 11.5 Å². The first-order valence-corrected chi connectivity index (χ1v) is 9.76. The Hall–Kier alpha value is -2.99. The van der Waals surface area contributed by atoms with Crippen molar-refractivity contribution in [1.29, 1.82) is 0 Å². The zero-order chi connectivity index (χ0) is 20.3. The van der Waals surface area contributed by atoms with Gasteiger partial charge in [-0.15, -0.1) is 10.2 Å². The number of anilines is 1. The average Bonchev–Trinajstić information content (AvgIpc) is 3.38. The van der Waals surface area contributed by atoms with Gasteiger partial charge in [0.05, 0.1) is 12.8 Å². The summed E-state index contributed by atoms with van der Waals surface area (Å²) >= 11 is 2.17. The molecular formula is C17H11F3N6OS2. The van der Waals surface area contributed by atoms with Crippen LogP contribution in [0.25, 0.3) is 11.5 Å². The summed E-state index contributed by atoms with van der Waals surface area (Å²) in [7, 11) is 0. The Balaban J connectivity index is 1.56. The molecule has 0 fully saturated rings. The third kappa shape index (κ3) is 4.90. The van der Waals surface area contributed by atoms with Crippen LogP contribution in [0.5, 0.6) is 0 Å². The molecule has 0 aliphatic carbocycles. The number of pyridine rings is 1. The van der Waals surface area contributed by atoms with E-state index in [9.17, 15) is 13.2 Å². The average molecular weight is 436 g/mol. The molecule has 0 unspecified atom stereocenters. The van der Waals surface area contributed by atoms with Gasteiger partial charge in [0.1, 0.15) is 22.2 Å². The molecule has 0 atom stereocenters. The summed E-state index contributed by atoms with van der Waals surface area (Å²) in [6.07, 6.45) is -1.59. The Morgan fingerprint density at radius 3 is 2.72 bits per heavy atom. The number of nitrogens with zero attached hydrogens (tertiary/aromatic N) is 5. The van der Waals surface area contributed by atoms with E-state index in [1.165, 1.54) is 17.5 Å². The fourth-order valence-electron chi connectivity index (χ4n) is 2.22. The SMILES string of the molecule is FC(F)(F)c1cc(Sc2nnc(NCc3ccco3)s2)nc(-c2ccccn2)n1. The van der Waals surface area contributed by atoms with Crippen LogP contribution < -0.4 is 5.32 Å². The zero-order valence-electron chi connectivity index (χ0n) is 14.4. The maximum atomic E-state index is 13.3. The fraction of sp³-hybridized carbons (Fsp3) is 0.118. The van der Waals surface area contributed by atoms with Crippen LogP contribution in [0.2, 0.25) is 0 Å². The Bertz CT molecular complexity index is 1090. The van der Waals surface area contributed by atoms with Crippen LogP contribution in [0.4, 0.5) is 18.3 Å². The fourth-order valence-corrected chi connectivity index (χ4v) is 3.92. The summed E-state index contributed by atoms with van der Waals surface area (Å²) in [5, 5.41) is 11.6. The second kappa shape index (κ2) is 8.17. The van der Waals surface area contributed by atoms with Crippen LogP contribution in [0, 0.1) is 0 Å². The number of hydrogen-bond donors (Lipinski definition) is 1. The van der Waals surface area contributed by atoms with Gasteiger partial charge in [0.15, 0.2) is 10.2 Å². The van der Waals surface area contributed by atoms with Crippen LogP contribution in [-0.2, 0) is 12.7 Å². The lowest BCUT2D eigenvalue weighted by Gasteiger charge is -2.09. The molecular weight excluding hydrogens is 425 g/mol. The molecule has 148 valence electrons. The van der Waals surface area contributed by atoms with Gasteiger partial charge in [-0.05, 0) is 36.0 Å². The van der Waals surface area contributed by atoms with Crippen molar-refractivity contribution >= 4 is 28.2 Å². The van der Waals surface area contributed by atoms with Gasteiger partial charge in [-0.25, -0.2) is 9.97 Å². The smallest absolute Gasteiger partial charge is 0.433 e. The number of aromatic nitrogens is 5. The van der Waals surface area contributed by atoms with E-state index in [1.807, 2.05) is 6.07 Å². The molecule has 4 aromatic rings. The first kappa shape index (κ1) is 19.3. The molecule has 1 N–H and O–H groups in total. The van der Waals surface area contributed by atoms with Crippen LogP contribution in [0.15, 0.2) is 62.6 Å². The highest BCUT2D eigenvalue weighted by atomic mass is 32.2. The molecule has 0 amide bonds. The maximum Gasteiger partial charge on any atom is 0.433 e. The molecule has 12 heteroatoms. The monoisotopic (exact) mass is 436 g/mol. The van der Waals surface area contributed by atoms with Crippen molar-refractivity contribution in [1.82, 2.24) is 25.1 Å². The van der Waals surface area contributed by atoms with Gasteiger partial charge in [0, 0.05) is 12.3 Å². The van der Waals surface area contributed by atoms with Gasteiger partial charge in [-0.1, -0.05) is 17.4 Å². The number of nitrogens with one attached hydrogen (secondary N) is 1. The third-order valence-electron chi connectivity index (χ3n) is 3.48. The van der Waals surface area contributed by atoms with Crippen LogP contribution in [0.3, 0.4) is 0 Å². The van der Waals surface area contributed by atoms with E-state index < -0.39 is 11.9 Å². The Morgan fingerprint density at radius 1 is 1.10 bits per heavy atom. The molecule has 0 bridgehead atoms. The van der Waals surface area contributed by atoms with E-state index >= 15 is 0 Å². The Labute approximate surface area is 170 Å². The van der Waals surface area contributed by atoms with Crippen molar-refractivity contribution in [2.75, 3.05) is 5.32 Å². The molecule has 0 radical (unpaired) electrons. The number of halogens is 3. The second-order valence-electron chi connectivity index (χ2n) is 5.54. The lowest BCUT2D eigenvalue weighted by molar-refractivity contribution is -0.141. The molecule has 0 aliphatic heterocycles. The van der Waals surface area contributed by atoms with Crippen molar-refractivity contribution in [3.05, 3.63) is 60.3 Å².